The van der Waals surface area contributed by atoms with Crippen molar-refractivity contribution in [1.29, 1.82) is 0 Å². The molecule has 0 fully saturated rings. The van der Waals surface area contributed by atoms with Gasteiger partial charge in [0.05, 0.1) is 4.90 Å². The monoisotopic (exact) mass is 323 g/mol. The van der Waals surface area contributed by atoms with E-state index in [0.717, 1.165) is 4.31 Å². The zero-order valence-corrected chi connectivity index (χ0v) is 13.4. The Morgan fingerprint density at radius 2 is 1.82 bits per heavy atom. The second-order valence-electron chi connectivity index (χ2n) is 4.90. The van der Waals surface area contributed by atoms with Gasteiger partial charge in [0.1, 0.15) is 5.70 Å². The summed E-state index contributed by atoms with van der Waals surface area (Å²) >= 11 is 0. The van der Waals surface area contributed by atoms with Crippen LogP contribution < -0.4 is 0 Å². The summed E-state index contributed by atoms with van der Waals surface area (Å²) in [6.07, 6.45) is 0.519. The first kappa shape index (κ1) is 16.2. The van der Waals surface area contributed by atoms with Gasteiger partial charge >= 0.3 is 5.97 Å². The number of hydrogen-bond acceptors (Lipinski definition) is 5. The highest BCUT2D eigenvalue weighted by Gasteiger charge is 2.39. The summed E-state index contributed by atoms with van der Waals surface area (Å²) in [5.74, 6) is -1.08. The Labute approximate surface area is 129 Å². The van der Waals surface area contributed by atoms with Crippen molar-refractivity contribution in [2.75, 3.05) is 6.54 Å². The third-order valence-electron chi connectivity index (χ3n) is 3.17. The molecule has 1 aromatic carbocycles. The predicted molar refractivity (Wildman–Crippen MR) is 80.0 cm³/mol. The molecule has 0 aliphatic carbocycles. The quantitative estimate of drug-likeness (QED) is 0.791. The molecular formula is C15H17NO5S. The number of allylic oxidation sites excluding steroid dienone is 1. The average molecular weight is 323 g/mol. The summed E-state index contributed by atoms with van der Waals surface area (Å²) in [5.41, 5.74) is 0.131. The predicted octanol–water partition coefficient (Wildman–Crippen LogP) is 1.92. The lowest BCUT2D eigenvalue weighted by Crippen LogP contribution is -2.38. The Hall–Kier alpha value is -2.15. The van der Waals surface area contributed by atoms with Gasteiger partial charge in [-0.1, -0.05) is 19.1 Å². The fourth-order valence-corrected chi connectivity index (χ4v) is 4.18. The molecule has 0 saturated carbocycles. The summed E-state index contributed by atoms with van der Waals surface area (Å²) in [5, 5.41) is 0. The summed E-state index contributed by atoms with van der Waals surface area (Å²) in [7, 11) is -3.84. The van der Waals surface area contributed by atoms with Crippen LogP contribution >= 0.6 is 0 Å². The standard InChI is InChI=1S/C15H17NO5S/c1-4-9-16-14(10(2)17)15(21-11(3)18)12-7-5-6-8-13(12)22(16,19)20/h5-8H,4,9H2,1-3H3. The van der Waals surface area contributed by atoms with Crippen LogP contribution in [-0.2, 0) is 24.3 Å². The van der Waals surface area contributed by atoms with Crippen LogP contribution in [0.2, 0.25) is 0 Å². The Morgan fingerprint density at radius 1 is 1.18 bits per heavy atom. The molecule has 0 radical (unpaired) electrons. The number of benzene rings is 1. The van der Waals surface area contributed by atoms with Crippen molar-refractivity contribution in [1.82, 2.24) is 4.31 Å². The zero-order valence-electron chi connectivity index (χ0n) is 12.6. The highest BCUT2D eigenvalue weighted by molar-refractivity contribution is 7.89. The first-order chi connectivity index (χ1) is 10.3. The fraction of sp³-hybridized carbons (Fsp3) is 0.333. The lowest BCUT2D eigenvalue weighted by molar-refractivity contribution is -0.134. The zero-order chi connectivity index (χ0) is 16.5. The Balaban J connectivity index is 2.84. The smallest absolute Gasteiger partial charge is 0.308 e. The minimum Gasteiger partial charge on any atom is -0.424 e. The third kappa shape index (κ3) is 2.64. The van der Waals surface area contributed by atoms with Crippen molar-refractivity contribution >= 4 is 27.5 Å². The first-order valence-corrected chi connectivity index (χ1v) is 8.30. The van der Waals surface area contributed by atoms with Crippen LogP contribution in [0.25, 0.3) is 5.76 Å². The summed E-state index contributed by atoms with van der Waals surface area (Å²) in [6.45, 7) is 4.40. The maximum Gasteiger partial charge on any atom is 0.308 e. The highest BCUT2D eigenvalue weighted by Crippen LogP contribution is 2.37. The Bertz CT molecular complexity index is 764. The molecule has 0 unspecified atom stereocenters. The van der Waals surface area contributed by atoms with Crippen molar-refractivity contribution in [3.05, 3.63) is 35.5 Å². The number of carbonyl (C=O) groups excluding carboxylic acids is 2. The summed E-state index contributed by atoms with van der Waals surface area (Å²) < 4.78 is 31.7. The van der Waals surface area contributed by atoms with Crippen LogP contribution in [0.5, 0.6) is 0 Å². The molecule has 0 atom stereocenters. The largest absolute Gasteiger partial charge is 0.424 e. The van der Waals surface area contributed by atoms with Crippen LogP contribution in [0.1, 0.15) is 32.8 Å². The second kappa shape index (κ2) is 5.92. The maximum absolute atomic E-state index is 12.7. The van der Waals surface area contributed by atoms with Gasteiger partial charge < -0.3 is 4.74 Å². The molecule has 1 aromatic rings. The van der Waals surface area contributed by atoms with Gasteiger partial charge in [-0.2, -0.15) is 0 Å². The topological polar surface area (TPSA) is 80.8 Å². The van der Waals surface area contributed by atoms with Crippen molar-refractivity contribution in [2.24, 2.45) is 0 Å². The number of carbonyl (C=O) groups is 2. The van der Waals surface area contributed by atoms with E-state index in [-0.39, 0.29) is 28.5 Å². The van der Waals surface area contributed by atoms with Crippen LogP contribution in [0.15, 0.2) is 34.9 Å². The van der Waals surface area contributed by atoms with E-state index < -0.39 is 21.8 Å². The number of esters is 1. The Morgan fingerprint density at radius 3 is 2.36 bits per heavy atom. The number of ketones is 1. The average Bonchev–Trinajstić information content (AvgIpc) is 2.43. The van der Waals surface area contributed by atoms with Crippen LogP contribution in [-0.4, -0.2) is 31.0 Å². The van der Waals surface area contributed by atoms with Crippen LogP contribution in [0, 0.1) is 0 Å². The van der Waals surface area contributed by atoms with Gasteiger partial charge in [-0.3, -0.25) is 13.9 Å². The molecule has 0 bridgehead atoms. The summed E-state index contributed by atoms with van der Waals surface area (Å²) in [4.78, 5) is 23.4. The molecule has 1 aliphatic rings. The van der Waals surface area contributed by atoms with Gasteiger partial charge in [0.25, 0.3) is 10.0 Å². The van der Waals surface area contributed by atoms with Gasteiger partial charge in [0.15, 0.2) is 11.5 Å². The van der Waals surface area contributed by atoms with E-state index in [1.54, 1.807) is 19.1 Å². The van der Waals surface area contributed by atoms with E-state index in [0.29, 0.717) is 6.42 Å². The molecule has 6 nitrogen and oxygen atoms in total. The molecule has 2 rings (SSSR count). The van der Waals surface area contributed by atoms with E-state index in [1.165, 1.54) is 26.0 Å². The van der Waals surface area contributed by atoms with Crippen molar-refractivity contribution < 1.29 is 22.7 Å². The minimum atomic E-state index is -3.84. The van der Waals surface area contributed by atoms with Gasteiger partial charge in [-0.15, -0.1) is 0 Å². The summed E-state index contributed by atoms with van der Waals surface area (Å²) in [6, 6.07) is 6.18. The van der Waals surface area contributed by atoms with E-state index in [1.807, 2.05) is 0 Å². The number of sulfonamides is 1. The van der Waals surface area contributed by atoms with Gasteiger partial charge in [-0.05, 0) is 18.6 Å². The van der Waals surface area contributed by atoms with Crippen molar-refractivity contribution in [2.45, 2.75) is 32.1 Å². The van der Waals surface area contributed by atoms with Gasteiger partial charge in [0.2, 0.25) is 0 Å². The molecule has 118 valence electrons. The van der Waals surface area contributed by atoms with E-state index in [9.17, 15) is 18.0 Å². The van der Waals surface area contributed by atoms with E-state index in [4.69, 9.17) is 4.74 Å². The molecule has 1 aliphatic heterocycles. The number of hydrogen-bond donors (Lipinski definition) is 0. The Kier molecular flexibility index (Phi) is 4.37. The molecule has 22 heavy (non-hydrogen) atoms. The molecular weight excluding hydrogens is 306 g/mol. The van der Waals surface area contributed by atoms with E-state index >= 15 is 0 Å². The molecule has 0 N–H and O–H groups in total. The molecule has 0 aromatic heterocycles. The molecule has 0 saturated heterocycles. The highest BCUT2D eigenvalue weighted by atomic mass is 32.2. The second-order valence-corrected chi connectivity index (χ2v) is 6.73. The normalized spacial score (nSPS) is 16.2. The molecule has 0 spiro atoms. The SMILES string of the molecule is CCCN1C(C(C)=O)=C(OC(C)=O)c2ccccc2S1(=O)=O. The van der Waals surface area contributed by atoms with Crippen molar-refractivity contribution in [3.8, 4) is 0 Å². The van der Waals surface area contributed by atoms with Gasteiger partial charge in [-0.25, -0.2) is 8.42 Å². The molecule has 0 amide bonds. The molecule has 7 heteroatoms. The van der Waals surface area contributed by atoms with Gasteiger partial charge in [0, 0.05) is 26.0 Å². The number of Topliss-reactive ketones (excluding diaryl/α,β-unsaturated/α-hetero) is 1. The lowest BCUT2D eigenvalue weighted by Gasteiger charge is -2.32. The molecule has 1 heterocycles. The van der Waals surface area contributed by atoms with Crippen molar-refractivity contribution in [3.63, 3.8) is 0 Å². The number of fused-ring (bicyclic) bond motifs is 1. The first-order valence-electron chi connectivity index (χ1n) is 6.86. The van der Waals surface area contributed by atoms with Crippen LogP contribution in [0.3, 0.4) is 0 Å². The maximum atomic E-state index is 12.7. The third-order valence-corrected chi connectivity index (χ3v) is 5.03. The van der Waals surface area contributed by atoms with Crippen LogP contribution in [0.4, 0.5) is 0 Å². The fourth-order valence-electron chi connectivity index (χ4n) is 2.38. The number of ether oxygens (including phenoxy) is 1. The number of nitrogens with zero attached hydrogens (tertiary/aromatic N) is 1. The minimum absolute atomic E-state index is 0.00104. The van der Waals surface area contributed by atoms with E-state index in [2.05, 4.69) is 0 Å². The lowest BCUT2D eigenvalue weighted by atomic mass is 10.1. The number of rotatable bonds is 4.